The van der Waals surface area contributed by atoms with Crippen molar-refractivity contribution in [3.8, 4) is 11.5 Å². The minimum absolute atomic E-state index is 0.159. The van der Waals surface area contributed by atoms with Crippen molar-refractivity contribution in [3.05, 3.63) is 54.1 Å². The summed E-state index contributed by atoms with van der Waals surface area (Å²) >= 11 is 0. The Morgan fingerprint density at radius 1 is 1.00 bits per heavy atom. The van der Waals surface area contributed by atoms with Gasteiger partial charge in [0.2, 0.25) is 10.0 Å². The molecule has 0 bridgehead atoms. The molecule has 0 aromatic heterocycles. The number of rotatable bonds is 7. The third-order valence-corrected chi connectivity index (χ3v) is 5.69. The van der Waals surface area contributed by atoms with Gasteiger partial charge in [-0.3, -0.25) is 0 Å². The highest BCUT2D eigenvalue weighted by atomic mass is 32.2. The van der Waals surface area contributed by atoms with Crippen LogP contribution in [0.4, 0.5) is 0 Å². The van der Waals surface area contributed by atoms with Crippen molar-refractivity contribution in [2.45, 2.75) is 23.8 Å². The van der Waals surface area contributed by atoms with Crippen molar-refractivity contribution in [2.75, 3.05) is 14.2 Å². The van der Waals surface area contributed by atoms with Crippen LogP contribution >= 0.6 is 0 Å². The van der Waals surface area contributed by atoms with Gasteiger partial charge in [-0.2, -0.15) is 0 Å². The number of benzene rings is 2. The lowest BCUT2D eigenvalue weighted by Crippen LogP contribution is -2.30. The number of hydrogen-bond acceptors (Lipinski definition) is 4. The maximum atomic E-state index is 12.8. The minimum Gasteiger partial charge on any atom is -0.497 e. The molecule has 0 amide bonds. The van der Waals surface area contributed by atoms with Crippen LogP contribution in [0, 0.1) is 5.92 Å². The number of sulfonamides is 1. The van der Waals surface area contributed by atoms with E-state index in [1.54, 1.807) is 31.4 Å². The van der Waals surface area contributed by atoms with Crippen LogP contribution in [0.15, 0.2) is 53.4 Å². The van der Waals surface area contributed by atoms with E-state index in [1.807, 2.05) is 24.3 Å². The molecule has 6 heteroatoms. The highest BCUT2D eigenvalue weighted by Gasteiger charge is 2.36. The molecule has 0 radical (unpaired) electrons. The zero-order chi connectivity index (χ0) is 17.2. The molecule has 1 aliphatic carbocycles. The van der Waals surface area contributed by atoms with Gasteiger partial charge in [0, 0.05) is 6.04 Å². The van der Waals surface area contributed by atoms with Crippen LogP contribution in [0.1, 0.15) is 24.4 Å². The zero-order valence-electron chi connectivity index (χ0n) is 13.7. The molecule has 1 atom stereocenters. The van der Waals surface area contributed by atoms with Crippen LogP contribution < -0.4 is 14.2 Å². The van der Waals surface area contributed by atoms with E-state index >= 15 is 0 Å². The first-order valence-electron chi connectivity index (χ1n) is 7.84. The molecular formula is C18H21NO4S. The van der Waals surface area contributed by atoms with E-state index < -0.39 is 10.0 Å². The Balaban J connectivity index is 1.90. The van der Waals surface area contributed by atoms with Gasteiger partial charge in [-0.05, 0) is 48.6 Å². The first-order chi connectivity index (χ1) is 11.5. The summed E-state index contributed by atoms with van der Waals surface area (Å²) in [5, 5.41) is 0. The first kappa shape index (κ1) is 16.8. The monoisotopic (exact) mass is 347 g/mol. The lowest BCUT2D eigenvalue weighted by atomic mass is 10.0. The normalized spacial score (nSPS) is 15.8. The van der Waals surface area contributed by atoms with Crippen LogP contribution in [-0.2, 0) is 10.0 Å². The molecule has 3 rings (SSSR count). The molecule has 24 heavy (non-hydrogen) atoms. The van der Waals surface area contributed by atoms with E-state index in [0.29, 0.717) is 11.7 Å². The average molecular weight is 347 g/mol. The van der Waals surface area contributed by atoms with Gasteiger partial charge < -0.3 is 9.47 Å². The van der Waals surface area contributed by atoms with Crippen molar-refractivity contribution in [2.24, 2.45) is 5.92 Å². The fourth-order valence-electron chi connectivity index (χ4n) is 2.75. The topological polar surface area (TPSA) is 64.6 Å². The number of hydrogen-bond donors (Lipinski definition) is 1. The molecule has 1 fully saturated rings. The second kappa shape index (κ2) is 6.83. The largest absolute Gasteiger partial charge is 0.497 e. The van der Waals surface area contributed by atoms with E-state index in [0.717, 1.165) is 24.2 Å². The summed E-state index contributed by atoms with van der Waals surface area (Å²) in [6.45, 7) is 0. The van der Waals surface area contributed by atoms with E-state index in [2.05, 4.69) is 4.72 Å². The van der Waals surface area contributed by atoms with E-state index in [1.165, 1.54) is 7.11 Å². The third kappa shape index (κ3) is 3.55. The maximum Gasteiger partial charge on any atom is 0.244 e. The molecule has 0 spiro atoms. The van der Waals surface area contributed by atoms with Crippen molar-refractivity contribution >= 4 is 10.0 Å². The van der Waals surface area contributed by atoms with Gasteiger partial charge in [0.1, 0.15) is 16.4 Å². The minimum atomic E-state index is -3.68. The lowest BCUT2D eigenvalue weighted by Gasteiger charge is -2.20. The Labute approximate surface area is 142 Å². The number of para-hydroxylation sites is 1. The zero-order valence-corrected chi connectivity index (χ0v) is 14.5. The molecule has 1 N–H and O–H groups in total. The fourth-order valence-corrected chi connectivity index (χ4v) is 4.21. The van der Waals surface area contributed by atoms with Crippen LogP contribution in [-0.4, -0.2) is 22.6 Å². The first-order valence-corrected chi connectivity index (χ1v) is 9.33. The number of ether oxygens (including phenoxy) is 2. The fraction of sp³-hybridized carbons (Fsp3) is 0.333. The molecule has 1 unspecified atom stereocenters. The number of methoxy groups -OCH3 is 2. The van der Waals surface area contributed by atoms with Gasteiger partial charge in [-0.25, -0.2) is 13.1 Å². The van der Waals surface area contributed by atoms with Crippen molar-refractivity contribution in [1.82, 2.24) is 4.72 Å². The molecule has 0 aliphatic heterocycles. The standard InChI is InChI=1S/C18H21NO4S/c1-22-15-11-9-14(10-12-15)18(13-7-8-13)19-24(20,21)17-6-4-3-5-16(17)23-2/h3-6,9-13,18-19H,7-8H2,1-2H3. The van der Waals surface area contributed by atoms with E-state index in [-0.39, 0.29) is 10.9 Å². The highest BCUT2D eigenvalue weighted by molar-refractivity contribution is 7.89. The SMILES string of the molecule is COc1ccc(C(NS(=O)(=O)c2ccccc2OC)C2CC2)cc1. The predicted octanol–water partition coefficient (Wildman–Crippen LogP) is 3.13. The second-order valence-electron chi connectivity index (χ2n) is 5.86. The molecule has 0 saturated heterocycles. The second-order valence-corrected chi connectivity index (χ2v) is 7.54. The van der Waals surface area contributed by atoms with Gasteiger partial charge >= 0.3 is 0 Å². The molecule has 2 aromatic rings. The lowest BCUT2D eigenvalue weighted by molar-refractivity contribution is 0.401. The Morgan fingerprint density at radius 2 is 1.67 bits per heavy atom. The molecule has 1 aliphatic rings. The maximum absolute atomic E-state index is 12.8. The summed E-state index contributed by atoms with van der Waals surface area (Å²) in [4.78, 5) is 0.159. The quantitative estimate of drug-likeness (QED) is 0.836. The summed E-state index contributed by atoms with van der Waals surface area (Å²) in [6.07, 6.45) is 2.04. The number of nitrogens with one attached hydrogen (secondary N) is 1. The van der Waals surface area contributed by atoms with Gasteiger partial charge in [0.05, 0.1) is 14.2 Å². The average Bonchev–Trinajstić information content (AvgIpc) is 3.45. The van der Waals surface area contributed by atoms with Crippen molar-refractivity contribution in [1.29, 1.82) is 0 Å². The van der Waals surface area contributed by atoms with Crippen molar-refractivity contribution < 1.29 is 17.9 Å². The molecule has 1 saturated carbocycles. The molecule has 5 nitrogen and oxygen atoms in total. The summed E-state index contributed by atoms with van der Waals surface area (Å²) in [5.74, 6) is 1.41. The summed E-state index contributed by atoms with van der Waals surface area (Å²) in [5.41, 5.74) is 0.941. The summed E-state index contributed by atoms with van der Waals surface area (Å²) in [7, 11) is -0.600. The van der Waals surface area contributed by atoms with Gasteiger partial charge in [-0.1, -0.05) is 24.3 Å². The van der Waals surface area contributed by atoms with E-state index in [4.69, 9.17) is 9.47 Å². The summed E-state index contributed by atoms with van der Waals surface area (Å²) < 4.78 is 38.9. The Bertz CT molecular complexity index is 798. The van der Waals surface area contributed by atoms with Crippen molar-refractivity contribution in [3.63, 3.8) is 0 Å². The highest BCUT2D eigenvalue weighted by Crippen LogP contribution is 2.42. The summed E-state index contributed by atoms with van der Waals surface area (Å²) in [6, 6.07) is 13.9. The van der Waals surface area contributed by atoms with Crippen LogP contribution in [0.25, 0.3) is 0 Å². The van der Waals surface area contributed by atoms with Gasteiger partial charge in [-0.15, -0.1) is 0 Å². The third-order valence-electron chi connectivity index (χ3n) is 4.21. The Morgan fingerprint density at radius 3 is 2.25 bits per heavy atom. The van der Waals surface area contributed by atoms with Crippen LogP contribution in [0.2, 0.25) is 0 Å². The Kier molecular flexibility index (Phi) is 4.78. The molecule has 2 aromatic carbocycles. The van der Waals surface area contributed by atoms with Crippen LogP contribution in [0.5, 0.6) is 11.5 Å². The van der Waals surface area contributed by atoms with E-state index in [9.17, 15) is 8.42 Å². The molecular weight excluding hydrogens is 326 g/mol. The predicted molar refractivity (Wildman–Crippen MR) is 91.8 cm³/mol. The van der Waals surface area contributed by atoms with Gasteiger partial charge in [0.25, 0.3) is 0 Å². The molecule has 128 valence electrons. The van der Waals surface area contributed by atoms with Gasteiger partial charge in [0.15, 0.2) is 0 Å². The molecule has 0 heterocycles. The Hall–Kier alpha value is -2.05. The van der Waals surface area contributed by atoms with Crippen LogP contribution in [0.3, 0.4) is 0 Å². The smallest absolute Gasteiger partial charge is 0.244 e.